The number of carboxylic acid groups (broad SMARTS) is 1. The summed E-state index contributed by atoms with van der Waals surface area (Å²) in [6.07, 6.45) is 1.66. The van der Waals surface area contributed by atoms with Gasteiger partial charge in [0.15, 0.2) is 0 Å². The third-order valence-electron chi connectivity index (χ3n) is 4.61. The lowest BCUT2D eigenvalue weighted by atomic mass is 10.0. The van der Waals surface area contributed by atoms with Crippen molar-refractivity contribution >= 4 is 22.6 Å². The van der Waals surface area contributed by atoms with Gasteiger partial charge in [0.05, 0.1) is 18.8 Å². The highest BCUT2D eigenvalue weighted by atomic mass is 16.5. The lowest BCUT2D eigenvalue weighted by molar-refractivity contribution is 0.0699. The number of carboxylic acids is 1. The van der Waals surface area contributed by atoms with E-state index in [1.807, 2.05) is 12.1 Å². The first kappa shape index (κ1) is 16.4. The van der Waals surface area contributed by atoms with Crippen molar-refractivity contribution < 1.29 is 19.7 Å². The number of aromatic nitrogens is 1. The Balaban J connectivity index is 1.79. The van der Waals surface area contributed by atoms with Crippen LogP contribution in [0.1, 0.15) is 10.4 Å². The lowest BCUT2D eigenvalue weighted by Gasteiger charge is -2.29. The summed E-state index contributed by atoms with van der Waals surface area (Å²) in [6.45, 7) is 3.11. The predicted octanol–water partition coefficient (Wildman–Crippen LogP) is 3.14. The number of aromatic hydroxyl groups is 1. The average molecular weight is 350 g/mol. The molecule has 2 aromatic carbocycles. The Kier molecular flexibility index (Phi) is 4.18. The number of carbonyl (C=O) groups is 1. The van der Waals surface area contributed by atoms with Gasteiger partial charge in [-0.2, -0.15) is 0 Å². The number of phenols is 1. The summed E-state index contributed by atoms with van der Waals surface area (Å²) in [5.74, 6) is -1.07. The number of benzene rings is 2. The Bertz CT molecular complexity index is 981. The molecular weight excluding hydrogens is 332 g/mol. The molecule has 0 saturated carbocycles. The monoisotopic (exact) mass is 350 g/mol. The highest BCUT2D eigenvalue weighted by Gasteiger charge is 2.15. The predicted molar refractivity (Wildman–Crippen MR) is 98.8 cm³/mol. The Labute approximate surface area is 150 Å². The van der Waals surface area contributed by atoms with Gasteiger partial charge in [-0.1, -0.05) is 12.1 Å². The normalized spacial score (nSPS) is 14.5. The molecule has 1 saturated heterocycles. The van der Waals surface area contributed by atoms with E-state index in [0.717, 1.165) is 29.9 Å². The van der Waals surface area contributed by atoms with Crippen LogP contribution in [0.3, 0.4) is 0 Å². The van der Waals surface area contributed by atoms with Crippen molar-refractivity contribution in [2.45, 2.75) is 0 Å². The van der Waals surface area contributed by atoms with Crippen LogP contribution in [-0.2, 0) is 4.74 Å². The molecule has 0 aliphatic carbocycles. The molecule has 1 aromatic heterocycles. The zero-order valence-corrected chi connectivity index (χ0v) is 14.1. The minimum atomic E-state index is -1.05. The molecule has 132 valence electrons. The topological polar surface area (TPSA) is 82.9 Å². The first-order chi connectivity index (χ1) is 12.6. The molecule has 0 atom stereocenters. The van der Waals surface area contributed by atoms with Crippen LogP contribution in [0.5, 0.6) is 5.75 Å². The maximum absolute atomic E-state index is 11.5. The number of hydrogen-bond acceptors (Lipinski definition) is 5. The maximum atomic E-state index is 11.5. The second kappa shape index (κ2) is 6.65. The maximum Gasteiger partial charge on any atom is 0.336 e. The van der Waals surface area contributed by atoms with E-state index >= 15 is 0 Å². The van der Waals surface area contributed by atoms with Gasteiger partial charge in [-0.3, -0.25) is 4.98 Å². The molecule has 0 spiro atoms. The first-order valence-corrected chi connectivity index (χ1v) is 8.41. The minimum Gasteiger partial charge on any atom is -0.506 e. The van der Waals surface area contributed by atoms with Crippen LogP contribution in [0.25, 0.3) is 22.0 Å². The fourth-order valence-corrected chi connectivity index (χ4v) is 3.25. The molecule has 6 nitrogen and oxygen atoms in total. The van der Waals surface area contributed by atoms with Crippen LogP contribution in [0.4, 0.5) is 5.69 Å². The zero-order chi connectivity index (χ0) is 18.1. The number of ether oxygens (including phenoxy) is 1. The number of morpholine rings is 1. The van der Waals surface area contributed by atoms with Gasteiger partial charge in [0.25, 0.3) is 0 Å². The summed E-state index contributed by atoms with van der Waals surface area (Å²) in [5, 5.41) is 19.8. The fourth-order valence-electron chi connectivity index (χ4n) is 3.25. The van der Waals surface area contributed by atoms with Crippen molar-refractivity contribution in [1.82, 2.24) is 4.98 Å². The van der Waals surface area contributed by atoms with Gasteiger partial charge in [0.2, 0.25) is 0 Å². The molecule has 3 aromatic rings. The van der Waals surface area contributed by atoms with E-state index in [2.05, 4.69) is 22.0 Å². The van der Waals surface area contributed by atoms with Gasteiger partial charge in [-0.15, -0.1) is 0 Å². The van der Waals surface area contributed by atoms with Crippen molar-refractivity contribution in [3.8, 4) is 16.9 Å². The number of anilines is 1. The number of aromatic carboxylic acids is 1. The Morgan fingerprint density at radius 2 is 1.88 bits per heavy atom. The molecule has 0 amide bonds. The van der Waals surface area contributed by atoms with Crippen LogP contribution in [0.15, 0.2) is 48.7 Å². The van der Waals surface area contributed by atoms with Gasteiger partial charge in [0, 0.05) is 35.9 Å². The molecular formula is C20H18N2O4. The van der Waals surface area contributed by atoms with Crippen molar-refractivity contribution in [1.29, 1.82) is 0 Å². The molecule has 1 aliphatic rings. The third kappa shape index (κ3) is 2.95. The molecule has 6 heteroatoms. The summed E-state index contributed by atoms with van der Waals surface area (Å²) < 4.78 is 5.40. The zero-order valence-electron chi connectivity index (χ0n) is 14.1. The summed E-state index contributed by atoms with van der Waals surface area (Å²) in [4.78, 5) is 18.1. The molecule has 1 fully saturated rings. The summed E-state index contributed by atoms with van der Waals surface area (Å²) in [6, 6.07) is 12.6. The molecule has 4 rings (SSSR count). The van der Waals surface area contributed by atoms with Crippen LogP contribution < -0.4 is 4.90 Å². The second-order valence-electron chi connectivity index (χ2n) is 6.21. The Hall–Kier alpha value is -3.12. The standard InChI is InChI=1S/C20H18N2O4/c23-18-5-4-16(20(24)25)17-11-14(12-21-19(17)18)13-2-1-3-15(10-13)22-6-8-26-9-7-22/h1-5,10-12,23H,6-9H2,(H,24,25). The number of hydrogen-bond donors (Lipinski definition) is 2. The minimum absolute atomic E-state index is 0.0291. The summed E-state index contributed by atoms with van der Waals surface area (Å²) in [5.41, 5.74) is 3.26. The van der Waals surface area contributed by atoms with Crippen LogP contribution in [0.2, 0.25) is 0 Å². The van der Waals surface area contributed by atoms with Gasteiger partial charge < -0.3 is 19.8 Å². The van der Waals surface area contributed by atoms with E-state index in [-0.39, 0.29) is 16.8 Å². The molecule has 2 heterocycles. The second-order valence-corrected chi connectivity index (χ2v) is 6.21. The Morgan fingerprint density at radius 1 is 1.08 bits per heavy atom. The summed E-state index contributed by atoms with van der Waals surface area (Å²) in [7, 11) is 0. The van der Waals surface area contributed by atoms with E-state index in [1.165, 1.54) is 12.1 Å². The number of pyridine rings is 1. The number of rotatable bonds is 3. The number of fused-ring (bicyclic) bond motifs is 1. The highest BCUT2D eigenvalue weighted by molar-refractivity contribution is 6.05. The van der Waals surface area contributed by atoms with Gasteiger partial charge in [-0.25, -0.2) is 4.79 Å². The third-order valence-corrected chi connectivity index (χ3v) is 4.61. The van der Waals surface area contributed by atoms with E-state index in [4.69, 9.17) is 4.74 Å². The van der Waals surface area contributed by atoms with Crippen molar-refractivity contribution in [2.24, 2.45) is 0 Å². The van der Waals surface area contributed by atoms with E-state index in [0.29, 0.717) is 18.6 Å². The largest absolute Gasteiger partial charge is 0.506 e. The molecule has 0 bridgehead atoms. The molecule has 0 unspecified atom stereocenters. The fraction of sp³-hybridized carbons (Fsp3) is 0.200. The summed E-state index contributed by atoms with van der Waals surface area (Å²) >= 11 is 0. The van der Waals surface area contributed by atoms with E-state index < -0.39 is 5.97 Å². The van der Waals surface area contributed by atoms with Crippen LogP contribution >= 0.6 is 0 Å². The van der Waals surface area contributed by atoms with E-state index in [1.54, 1.807) is 12.3 Å². The number of phenolic OH excluding ortho intramolecular Hbond substituents is 1. The molecule has 1 aliphatic heterocycles. The van der Waals surface area contributed by atoms with E-state index in [9.17, 15) is 15.0 Å². The highest BCUT2D eigenvalue weighted by Crippen LogP contribution is 2.31. The quantitative estimate of drug-likeness (QED) is 0.755. The van der Waals surface area contributed by atoms with Gasteiger partial charge in [-0.05, 0) is 35.9 Å². The first-order valence-electron chi connectivity index (χ1n) is 8.41. The lowest BCUT2D eigenvalue weighted by Crippen LogP contribution is -2.36. The Morgan fingerprint density at radius 3 is 2.65 bits per heavy atom. The van der Waals surface area contributed by atoms with Gasteiger partial charge >= 0.3 is 5.97 Å². The van der Waals surface area contributed by atoms with Gasteiger partial charge in [0.1, 0.15) is 11.3 Å². The molecule has 0 radical (unpaired) electrons. The number of nitrogens with zero attached hydrogens (tertiary/aromatic N) is 2. The van der Waals surface area contributed by atoms with Crippen molar-refractivity contribution in [3.05, 3.63) is 54.2 Å². The van der Waals surface area contributed by atoms with Crippen molar-refractivity contribution in [2.75, 3.05) is 31.2 Å². The SMILES string of the molecule is O=C(O)c1ccc(O)c2ncc(-c3cccc(N4CCOCC4)c3)cc12. The van der Waals surface area contributed by atoms with Crippen molar-refractivity contribution in [3.63, 3.8) is 0 Å². The molecule has 2 N–H and O–H groups in total. The average Bonchev–Trinajstić information content (AvgIpc) is 2.68. The molecule has 26 heavy (non-hydrogen) atoms. The smallest absolute Gasteiger partial charge is 0.336 e. The van der Waals surface area contributed by atoms with Crippen LogP contribution in [-0.4, -0.2) is 47.5 Å². The van der Waals surface area contributed by atoms with Crippen LogP contribution in [0, 0.1) is 0 Å².